The molecule has 1 aliphatic heterocycles. The second kappa shape index (κ2) is 4.59. The van der Waals surface area contributed by atoms with Gasteiger partial charge < -0.3 is 20.7 Å². The van der Waals surface area contributed by atoms with Gasteiger partial charge in [-0.1, -0.05) is 0 Å². The molecular formula is C13H18N4O3. The summed E-state index contributed by atoms with van der Waals surface area (Å²) in [5.74, 6) is 0.671. The Morgan fingerprint density at radius 1 is 1.40 bits per heavy atom. The zero-order valence-electron chi connectivity index (χ0n) is 11.4. The highest BCUT2D eigenvalue weighted by Crippen LogP contribution is 2.37. The number of carbonyl (C=O) groups excluding carboxylic acids is 1. The third kappa shape index (κ3) is 1.89. The molecule has 20 heavy (non-hydrogen) atoms. The molecule has 2 fully saturated rings. The van der Waals surface area contributed by atoms with Crippen molar-refractivity contribution < 1.29 is 9.72 Å². The van der Waals surface area contributed by atoms with Crippen molar-refractivity contribution in [1.29, 1.82) is 0 Å². The van der Waals surface area contributed by atoms with E-state index >= 15 is 0 Å². The SMILES string of the molecule is Cn1c(C(=O)N2CC3CCC(N)C3C2)ccc1[N+](=O)[O-]. The quantitative estimate of drug-likeness (QED) is 0.637. The summed E-state index contributed by atoms with van der Waals surface area (Å²) in [5, 5.41) is 10.8. The molecule has 3 rings (SSSR count). The Labute approximate surface area is 116 Å². The fourth-order valence-electron chi connectivity index (χ4n) is 3.53. The van der Waals surface area contributed by atoms with Crippen LogP contribution < -0.4 is 5.73 Å². The maximum Gasteiger partial charge on any atom is 0.323 e. The van der Waals surface area contributed by atoms with Crippen LogP contribution in [0.5, 0.6) is 0 Å². The summed E-state index contributed by atoms with van der Waals surface area (Å²) in [5.41, 5.74) is 6.43. The van der Waals surface area contributed by atoms with Crippen LogP contribution >= 0.6 is 0 Å². The average Bonchev–Trinajstić information content (AvgIpc) is 3.05. The van der Waals surface area contributed by atoms with Crippen LogP contribution in [0.1, 0.15) is 23.3 Å². The molecule has 1 aromatic heterocycles. The monoisotopic (exact) mass is 278 g/mol. The molecule has 1 aromatic rings. The molecule has 0 radical (unpaired) electrons. The van der Waals surface area contributed by atoms with Crippen LogP contribution in [-0.2, 0) is 7.05 Å². The topological polar surface area (TPSA) is 94.4 Å². The molecule has 7 heteroatoms. The van der Waals surface area contributed by atoms with Gasteiger partial charge in [-0.15, -0.1) is 0 Å². The van der Waals surface area contributed by atoms with E-state index < -0.39 is 4.92 Å². The van der Waals surface area contributed by atoms with E-state index in [-0.39, 0.29) is 17.8 Å². The Morgan fingerprint density at radius 2 is 2.15 bits per heavy atom. The predicted octanol–water partition coefficient (Wildman–Crippen LogP) is 0.743. The van der Waals surface area contributed by atoms with E-state index in [2.05, 4.69) is 0 Å². The summed E-state index contributed by atoms with van der Waals surface area (Å²) in [6, 6.07) is 3.07. The number of aromatic nitrogens is 1. The number of nitrogens with two attached hydrogens (primary N) is 1. The van der Waals surface area contributed by atoms with Crippen molar-refractivity contribution in [2.45, 2.75) is 18.9 Å². The number of amides is 1. The van der Waals surface area contributed by atoms with E-state index in [4.69, 9.17) is 5.73 Å². The van der Waals surface area contributed by atoms with Gasteiger partial charge in [0.15, 0.2) is 5.69 Å². The molecule has 2 aliphatic rings. The van der Waals surface area contributed by atoms with Crippen LogP contribution in [0.3, 0.4) is 0 Å². The van der Waals surface area contributed by atoms with Crippen molar-refractivity contribution in [3.05, 3.63) is 27.9 Å². The average molecular weight is 278 g/mol. The Balaban J connectivity index is 1.79. The predicted molar refractivity (Wildman–Crippen MR) is 72.2 cm³/mol. The Morgan fingerprint density at radius 3 is 2.75 bits per heavy atom. The molecule has 7 nitrogen and oxygen atoms in total. The van der Waals surface area contributed by atoms with Crippen LogP contribution in [0.4, 0.5) is 5.82 Å². The van der Waals surface area contributed by atoms with E-state index in [1.54, 1.807) is 11.9 Å². The van der Waals surface area contributed by atoms with Gasteiger partial charge in [-0.3, -0.25) is 4.79 Å². The molecule has 0 bridgehead atoms. The number of carbonyl (C=O) groups is 1. The van der Waals surface area contributed by atoms with Crippen molar-refractivity contribution >= 4 is 11.7 Å². The highest BCUT2D eigenvalue weighted by atomic mass is 16.6. The minimum atomic E-state index is -0.481. The third-order valence-electron chi connectivity index (χ3n) is 4.70. The fourth-order valence-corrected chi connectivity index (χ4v) is 3.53. The highest BCUT2D eigenvalue weighted by Gasteiger charge is 2.43. The zero-order valence-corrected chi connectivity index (χ0v) is 11.4. The first-order chi connectivity index (χ1) is 9.49. The van der Waals surface area contributed by atoms with Crippen LogP contribution in [0.15, 0.2) is 12.1 Å². The number of nitro groups is 1. The van der Waals surface area contributed by atoms with Crippen LogP contribution in [-0.4, -0.2) is 39.4 Å². The molecule has 1 saturated heterocycles. The van der Waals surface area contributed by atoms with Gasteiger partial charge in [0.1, 0.15) is 0 Å². The van der Waals surface area contributed by atoms with E-state index in [0.29, 0.717) is 24.1 Å². The maximum atomic E-state index is 12.5. The normalized spacial score (nSPS) is 28.7. The van der Waals surface area contributed by atoms with Crippen molar-refractivity contribution in [1.82, 2.24) is 9.47 Å². The number of hydrogen-bond acceptors (Lipinski definition) is 4. The first kappa shape index (κ1) is 13.1. The molecule has 0 aromatic carbocycles. The lowest BCUT2D eigenvalue weighted by Gasteiger charge is -2.17. The van der Waals surface area contributed by atoms with Crippen LogP contribution in [0.25, 0.3) is 0 Å². The molecule has 2 N–H and O–H groups in total. The standard InChI is InChI=1S/C13H18N4O3/c1-15-11(4-5-12(15)17(19)20)13(18)16-6-8-2-3-10(14)9(8)7-16/h4-5,8-10H,2-3,6-7,14H2,1H3. The lowest BCUT2D eigenvalue weighted by atomic mass is 9.98. The van der Waals surface area contributed by atoms with E-state index in [1.807, 2.05) is 0 Å². The number of nitrogens with zero attached hydrogens (tertiary/aromatic N) is 3. The fraction of sp³-hybridized carbons (Fsp3) is 0.615. The van der Waals surface area contributed by atoms with Crippen molar-refractivity contribution in [3.63, 3.8) is 0 Å². The summed E-state index contributed by atoms with van der Waals surface area (Å²) in [7, 11) is 1.55. The van der Waals surface area contributed by atoms with E-state index in [1.165, 1.54) is 16.7 Å². The lowest BCUT2D eigenvalue weighted by molar-refractivity contribution is -0.391. The molecule has 3 unspecified atom stereocenters. The Bertz CT molecular complexity index is 568. The lowest BCUT2D eigenvalue weighted by Crippen LogP contribution is -2.34. The van der Waals surface area contributed by atoms with Crippen LogP contribution in [0, 0.1) is 22.0 Å². The summed E-state index contributed by atoms with van der Waals surface area (Å²) in [6.45, 7) is 1.39. The Kier molecular flexibility index (Phi) is 3.01. The van der Waals surface area contributed by atoms with Gasteiger partial charge >= 0.3 is 5.82 Å². The van der Waals surface area contributed by atoms with Gasteiger partial charge in [0, 0.05) is 25.2 Å². The second-order valence-electron chi connectivity index (χ2n) is 5.77. The third-order valence-corrected chi connectivity index (χ3v) is 4.70. The summed E-state index contributed by atoms with van der Waals surface area (Å²) in [4.78, 5) is 24.6. The van der Waals surface area contributed by atoms with Crippen molar-refractivity contribution in [3.8, 4) is 0 Å². The zero-order chi connectivity index (χ0) is 14.4. The van der Waals surface area contributed by atoms with E-state index in [0.717, 1.165) is 19.4 Å². The molecule has 3 atom stereocenters. The number of fused-ring (bicyclic) bond motifs is 1. The van der Waals surface area contributed by atoms with Gasteiger partial charge in [0.05, 0.1) is 7.05 Å². The molecule has 0 spiro atoms. The number of rotatable bonds is 2. The van der Waals surface area contributed by atoms with Gasteiger partial charge in [0.2, 0.25) is 0 Å². The first-order valence-electron chi connectivity index (χ1n) is 6.84. The Hall–Kier alpha value is -1.89. The minimum Gasteiger partial charge on any atom is -0.358 e. The first-order valence-corrected chi connectivity index (χ1v) is 6.84. The largest absolute Gasteiger partial charge is 0.358 e. The van der Waals surface area contributed by atoms with Gasteiger partial charge in [-0.2, -0.15) is 0 Å². The molecule has 108 valence electrons. The summed E-state index contributed by atoms with van der Waals surface area (Å²) in [6.07, 6.45) is 2.11. The van der Waals surface area contributed by atoms with Crippen molar-refractivity contribution in [2.75, 3.05) is 13.1 Å². The molecule has 1 aliphatic carbocycles. The van der Waals surface area contributed by atoms with Gasteiger partial charge in [-0.25, -0.2) is 4.57 Å². The van der Waals surface area contributed by atoms with Crippen LogP contribution in [0.2, 0.25) is 0 Å². The number of likely N-dealkylation sites (tertiary alicyclic amines) is 1. The maximum absolute atomic E-state index is 12.5. The molecule has 2 heterocycles. The number of hydrogen-bond donors (Lipinski definition) is 1. The summed E-state index contributed by atoms with van der Waals surface area (Å²) >= 11 is 0. The van der Waals surface area contributed by atoms with Gasteiger partial charge in [0.25, 0.3) is 5.91 Å². The van der Waals surface area contributed by atoms with Crippen molar-refractivity contribution in [2.24, 2.45) is 24.6 Å². The summed E-state index contributed by atoms with van der Waals surface area (Å²) < 4.78 is 1.34. The van der Waals surface area contributed by atoms with Gasteiger partial charge in [-0.05, 0) is 35.7 Å². The van der Waals surface area contributed by atoms with E-state index in [9.17, 15) is 14.9 Å². The smallest absolute Gasteiger partial charge is 0.323 e. The molecule has 1 saturated carbocycles. The highest BCUT2D eigenvalue weighted by molar-refractivity contribution is 5.93. The second-order valence-corrected chi connectivity index (χ2v) is 5.77. The molecule has 1 amide bonds. The minimum absolute atomic E-state index is 0.0653. The molecular weight excluding hydrogens is 260 g/mol.